The molecule has 2 amide bonds. The van der Waals surface area contributed by atoms with Crippen molar-refractivity contribution in [2.24, 2.45) is 0 Å². The molecule has 2 aliphatic rings. The van der Waals surface area contributed by atoms with Crippen molar-refractivity contribution >= 4 is 6.03 Å². The molecule has 4 heteroatoms. The molecular weight excluding hydrogens is 336 g/mol. The summed E-state index contributed by atoms with van der Waals surface area (Å²) in [5.41, 5.74) is 5.33. The summed E-state index contributed by atoms with van der Waals surface area (Å²) in [5, 5.41) is 6.13. The number of carbonyl (C=O) groups excluding carboxylic acids is 1. The standard InChI is InChI=1S/C23H28N2O2/c26-22(24-16-18-9-10-19-5-4-6-20(19)15-18)25-17-23(11-13-27-14-12-23)21-7-2-1-3-8-21/h1-3,7-10,15H,4-6,11-14,16-17H2,(H2,24,25,26). The summed E-state index contributed by atoms with van der Waals surface area (Å²) in [7, 11) is 0. The van der Waals surface area contributed by atoms with Crippen LogP contribution in [0, 0.1) is 0 Å². The molecule has 4 rings (SSSR count). The quantitative estimate of drug-likeness (QED) is 0.849. The van der Waals surface area contributed by atoms with E-state index in [4.69, 9.17) is 4.74 Å². The van der Waals surface area contributed by atoms with Gasteiger partial charge in [-0.3, -0.25) is 0 Å². The minimum absolute atomic E-state index is 0.0373. The molecule has 0 radical (unpaired) electrons. The Bertz CT molecular complexity index is 782. The first-order valence-electron chi connectivity index (χ1n) is 10.0. The molecule has 0 bridgehead atoms. The monoisotopic (exact) mass is 364 g/mol. The second-order valence-corrected chi connectivity index (χ2v) is 7.75. The van der Waals surface area contributed by atoms with E-state index in [9.17, 15) is 4.79 Å². The minimum Gasteiger partial charge on any atom is -0.381 e. The van der Waals surface area contributed by atoms with Crippen LogP contribution in [0.25, 0.3) is 0 Å². The smallest absolute Gasteiger partial charge is 0.315 e. The summed E-state index contributed by atoms with van der Waals surface area (Å²) >= 11 is 0. The van der Waals surface area contributed by atoms with Crippen molar-refractivity contribution in [1.29, 1.82) is 0 Å². The predicted molar refractivity (Wildman–Crippen MR) is 107 cm³/mol. The number of benzene rings is 2. The lowest BCUT2D eigenvalue weighted by molar-refractivity contribution is 0.0507. The van der Waals surface area contributed by atoms with E-state index < -0.39 is 0 Å². The molecule has 1 saturated heterocycles. The van der Waals surface area contributed by atoms with Crippen LogP contribution < -0.4 is 10.6 Å². The van der Waals surface area contributed by atoms with Gasteiger partial charge in [-0.25, -0.2) is 4.79 Å². The Kier molecular flexibility index (Phi) is 5.44. The normalized spacial score (nSPS) is 17.9. The number of nitrogens with one attached hydrogen (secondary N) is 2. The van der Waals surface area contributed by atoms with E-state index in [-0.39, 0.29) is 11.4 Å². The molecular formula is C23H28N2O2. The zero-order chi connectivity index (χ0) is 18.5. The van der Waals surface area contributed by atoms with Crippen LogP contribution >= 0.6 is 0 Å². The number of rotatable bonds is 5. The molecule has 2 aromatic rings. The van der Waals surface area contributed by atoms with E-state index in [2.05, 4.69) is 53.1 Å². The zero-order valence-electron chi connectivity index (χ0n) is 15.8. The highest BCUT2D eigenvalue weighted by Gasteiger charge is 2.34. The number of amides is 2. The fraction of sp³-hybridized carbons (Fsp3) is 0.435. The van der Waals surface area contributed by atoms with E-state index in [0.29, 0.717) is 13.1 Å². The van der Waals surface area contributed by atoms with E-state index >= 15 is 0 Å². The largest absolute Gasteiger partial charge is 0.381 e. The van der Waals surface area contributed by atoms with Crippen molar-refractivity contribution in [3.63, 3.8) is 0 Å². The molecule has 2 N–H and O–H groups in total. The number of aryl methyl sites for hydroxylation is 2. The van der Waals surface area contributed by atoms with Gasteiger partial charge in [-0.15, -0.1) is 0 Å². The topological polar surface area (TPSA) is 50.4 Å². The number of urea groups is 1. The zero-order valence-corrected chi connectivity index (χ0v) is 15.8. The lowest BCUT2D eigenvalue weighted by Gasteiger charge is -2.38. The molecule has 0 unspecified atom stereocenters. The number of ether oxygens (including phenoxy) is 1. The Balaban J connectivity index is 1.34. The summed E-state index contributed by atoms with van der Waals surface area (Å²) < 4.78 is 5.57. The Morgan fingerprint density at radius 1 is 0.963 bits per heavy atom. The summed E-state index contributed by atoms with van der Waals surface area (Å²) in [5.74, 6) is 0. The van der Waals surface area contributed by atoms with Crippen LogP contribution in [-0.4, -0.2) is 25.8 Å². The molecule has 1 heterocycles. The second-order valence-electron chi connectivity index (χ2n) is 7.75. The Hall–Kier alpha value is -2.33. The lowest BCUT2D eigenvalue weighted by atomic mass is 9.74. The molecule has 0 saturated carbocycles. The van der Waals surface area contributed by atoms with E-state index in [0.717, 1.165) is 32.5 Å². The average molecular weight is 364 g/mol. The third kappa shape index (κ3) is 4.16. The average Bonchev–Trinajstić information content (AvgIpc) is 3.20. The van der Waals surface area contributed by atoms with Crippen LogP contribution in [0.5, 0.6) is 0 Å². The maximum absolute atomic E-state index is 12.4. The summed E-state index contributed by atoms with van der Waals surface area (Å²) in [4.78, 5) is 12.4. The lowest BCUT2D eigenvalue weighted by Crippen LogP contribution is -2.47. The van der Waals surface area contributed by atoms with Gasteiger partial charge in [-0.1, -0.05) is 48.5 Å². The number of fused-ring (bicyclic) bond motifs is 1. The summed E-state index contributed by atoms with van der Waals surface area (Å²) in [6.45, 7) is 2.69. The van der Waals surface area contributed by atoms with Crippen molar-refractivity contribution in [2.75, 3.05) is 19.8 Å². The first-order chi connectivity index (χ1) is 13.3. The van der Waals surface area contributed by atoms with Crippen LogP contribution in [0.15, 0.2) is 48.5 Å². The first-order valence-corrected chi connectivity index (χ1v) is 10.0. The van der Waals surface area contributed by atoms with Crippen molar-refractivity contribution in [1.82, 2.24) is 10.6 Å². The van der Waals surface area contributed by atoms with E-state index in [1.54, 1.807) is 0 Å². The van der Waals surface area contributed by atoms with Crippen LogP contribution in [0.4, 0.5) is 4.79 Å². The van der Waals surface area contributed by atoms with Gasteiger partial charge in [-0.2, -0.15) is 0 Å². The summed E-state index contributed by atoms with van der Waals surface area (Å²) in [6.07, 6.45) is 5.47. The van der Waals surface area contributed by atoms with Crippen molar-refractivity contribution in [3.05, 3.63) is 70.8 Å². The highest BCUT2D eigenvalue weighted by molar-refractivity contribution is 5.74. The number of hydrogen-bond acceptors (Lipinski definition) is 2. The van der Waals surface area contributed by atoms with Crippen molar-refractivity contribution < 1.29 is 9.53 Å². The Morgan fingerprint density at radius 2 is 1.74 bits per heavy atom. The van der Waals surface area contributed by atoms with Crippen LogP contribution in [-0.2, 0) is 29.5 Å². The third-order valence-corrected chi connectivity index (χ3v) is 6.04. The molecule has 0 spiro atoms. The summed E-state index contributed by atoms with van der Waals surface area (Å²) in [6, 6.07) is 17.0. The first kappa shape index (κ1) is 18.1. The van der Waals surface area contributed by atoms with Crippen LogP contribution in [0.1, 0.15) is 41.5 Å². The SMILES string of the molecule is O=C(NCc1ccc2c(c1)CCC2)NCC1(c2ccccc2)CCOCC1. The molecule has 0 atom stereocenters. The van der Waals surface area contributed by atoms with Gasteiger partial charge in [-0.05, 0) is 54.4 Å². The molecule has 1 aliphatic heterocycles. The molecule has 142 valence electrons. The van der Waals surface area contributed by atoms with Crippen LogP contribution in [0.2, 0.25) is 0 Å². The number of hydrogen-bond donors (Lipinski definition) is 2. The fourth-order valence-electron chi connectivity index (χ4n) is 4.35. The Labute approximate surface area is 161 Å². The Morgan fingerprint density at radius 3 is 2.56 bits per heavy atom. The van der Waals surface area contributed by atoms with Gasteiger partial charge in [0.1, 0.15) is 0 Å². The van der Waals surface area contributed by atoms with Gasteiger partial charge in [0, 0.05) is 31.7 Å². The van der Waals surface area contributed by atoms with Gasteiger partial charge in [0.2, 0.25) is 0 Å². The van der Waals surface area contributed by atoms with Gasteiger partial charge < -0.3 is 15.4 Å². The molecule has 4 nitrogen and oxygen atoms in total. The van der Waals surface area contributed by atoms with Gasteiger partial charge in [0.05, 0.1) is 0 Å². The van der Waals surface area contributed by atoms with Crippen LogP contribution in [0.3, 0.4) is 0 Å². The van der Waals surface area contributed by atoms with Crippen molar-refractivity contribution in [2.45, 2.75) is 44.1 Å². The van der Waals surface area contributed by atoms with Gasteiger partial charge in [0.25, 0.3) is 0 Å². The van der Waals surface area contributed by atoms with E-state index in [1.165, 1.54) is 35.1 Å². The second kappa shape index (κ2) is 8.13. The predicted octanol–water partition coefficient (Wildman–Crippen LogP) is 3.72. The molecule has 0 aromatic heterocycles. The fourth-order valence-corrected chi connectivity index (χ4v) is 4.35. The maximum Gasteiger partial charge on any atom is 0.315 e. The maximum atomic E-state index is 12.4. The van der Waals surface area contributed by atoms with Gasteiger partial charge in [0.15, 0.2) is 0 Å². The number of carbonyl (C=O) groups is 1. The molecule has 27 heavy (non-hydrogen) atoms. The third-order valence-electron chi connectivity index (χ3n) is 6.04. The van der Waals surface area contributed by atoms with Crippen molar-refractivity contribution in [3.8, 4) is 0 Å². The molecule has 1 fully saturated rings. The highest BCUT2D eigenvalue weighted by Crippen LogP contribution is 2.34. The molecule has 1 aliphatic carbocycles. The molecule has 2 aromatic carbocycles. The highest BCUT2D eigenvalue weighted by atomic mass is 16.5. The van der Waals surface area contributed by atoms with Gasteiger partial charge >= 0.3 is 6.03 Å². The van der Waals surface area contributed by atoms with E-state index in [1.807, 2.05) is 6.07 Å². The minimum atomic E-state index is -0.0997.